The second kappa shape index (κ2) is 7.44. The van der Waals surface area contributed by atoms with Gasteiger partial charge in [-0.1, -0.05) is 97.1 Å². The van der Waals surface area contributed by atoms with Gasteiger partial charge in [0.25, 0.3) is 0 Å². The standard InChI is InChI=1S/C21H19O2P/c22-21(17-16-18-10-4-1-5-11-18)24(23,19-12-6-2-7-13-19)20-14-8-3-9-15-20/h1-17,21-22H/b17-16-/t21-/m0/s1. The van der Waals surface area contributed by atoms with E-state index in [-0.39, 0.29) is 0 Å². The summed E-state index contributed by atoms with van der Waals surface area (Å²) in [4.78, 5) is 0. The maximum absolute atomic E-state index is 13.8. The molecule has 1 atom stereocenters. The Kier molecular flexibility index (Phi) is 5.10. The Hall–Kier alpha value is -2.41. The van der Waals surface area contributed by atoms with Crippen molar-refractivity contribution in [3.8, 4) is 0 Å². The zero-order chi connectivity index (χ0) is 16.8. The van der Waals surface area contributed by atoms with Gasteiger partial charge in [0.05, 0.1) is 0 Å². The van der Waals surface area contributed by atoms with Crippen molar-refractivity contribution in [2.24, 2.45) is 0 Å². The lowest BCUT2D eigenvalue weighted by Crippen LogP contribution is -2.24. The average Bonchev–Trinajstić information content (AvgIpc) is 2.67. The second-order valence-corrected chi connectivity index (χ2v) is 8.39. The Morgan fingerprint density at radius 1 is 0.708 bits per heavy atom. The van der Waals surface area contributed by atoms with Gasteiger partial charge < -0.3 is 9.67 Å². The van der Waals surface area contributed by atoms with Crippen LogP contribution in [0, 0.1) is 0 Å². The molecule has 0 saturated carbocycles. The zero-order valence-electron chi connectivity index (χ0n) is 13.2. The second-order valence-electron chi connectivity index (χ2n) is 5.51. The highest BCUT2D eigenvalue weighted by atomic mass is 31.2. The van der Waals surface area contributed by atoms with Crippen molar-refractivity contribution >= 4 is 23.8 Å². The SMILES string of the molecule is O=P(c1ccccc1)(c1ccccc1)[C@H](O)/C=C\c1ccccc1. The molecule has 0 aliphatic heterocycles. The Morgan fingerprint density at radius 2 is 1.12 bits per heavy atom. The van der Waals surface area contributed by atoms with Crippen LogP contribution in [-0.4, -0.2) is 11.0 Å². The minimum Gasteiger partial charge on any atom is -0.381 e. The molecular weight excluding hydrogens is 315 g/mol. The van der Waals surface area contributed by atoms with Crippen molar-refractivity contribution in [3.05, 3.63) is 103 Å². The monoisotopic (exact) mass is 334 g/mol. The molecule has 0 fully saturated rings. The zero-order valence-corrected chi connectivity index (χ0v) is 14.1. The minimum absolute atomic E-state index is 0.654. The van der Waals surface area contributed by atoms with Gasteiger partial charge in [-0.15, -0.1) is 0 Å². The van der Waals surface area contributed by atoms with Crippen molar-refractivity contribution in [2.75, 3.05) is 0 Å². The number of hydrogen-bond acceptors (Lipinski definition) is 2. The molecule has 24 heavy (non-hydrogen) atoms. The summed E-state index contributed by atoms with van der Waals surface area (Å²) in [7, 11) is -3.18. The molecule has 0 spiro atoms. The van der Waals surface area contributed by atoms with Crippen molar-refractivity contribution < 1.29 is 9.67 Å². The van der Waals surface area contributed by atoms with Crippen LogP contribution in [0.15, 0.2) is 97.1 Å². The third kappa shape index (κ3) is 3.41. The van der Waals surface area contributed by atoms with E-state index in [2.05, 4.69) is 0 Å². The Balaban J connectivity index is 2.02. The van der Waals surface area contributed by atoms with Gasteiger partial charge in [-0.3, -0.25) is 0 Å². The number of rotatable bonds is 5. The van der Waals surface area contributed by atoms with E-state index in [9.17, 15) is 9.67 Å². The minimum atomic E-state index is -3.18. The highest BCUT2D eigenvalue weighted by molar-refractivity contribution is 7.79. The first kappa shape index (κ1) is 16.4. The van der Waals surface area contributed by atoms with Crippen LogP contribution in [0.25, 0.3) is 6.08 Å². The Bertz CT molecular complexity index is 799. The van der Waals surface area contributed by atoms with Gasteiger partial charge in [0.2, 0.25) is 0 Å². The van der Waals surface area contributed by atoms with E-state index in [0.717, 1.165) is 5.56 Å². The summed E-state index contributed by atoms with van der Waals surface area (Å²) in [6.45, 7) is 0. The van der Waals surface area contributed by atoms with E-state index in [1.165, 1.54) is 0 Å². The molecule has 0 aromatic heterocycles. The maximum atomic E-state index is 13.8. The van der Waals surface area contributed by atoms with Crippen molar-refractivity contribution in [1.29, 1.82) is 0 Å². The molecule has 0 amide bonds. The van der Waals surface area contributed by atoms with Gasteiger partial charge in [0.1, 0.15) is 5.85 Å². The van der Waals surface area contributed by atoms with E-state index in [1.807, 2.05) is 97.1 Å². The molecule has 0 unspecified atom stereocenters. The van der Waals surface area contributed by atoms with Gasteiger partial charge in [-0.2, -0.15) is 0 Å². The van der Waals surface area contributed by atoms with Crippen LogP contribution in [-0.2, 0) is 4.57 Å². The first-order chi connectivity index (χ1) is 11.7. The van der Waals surface area contributed by atoms with Crippen molar-refractivity contribution in [3.63, 3.8) is 0 Å². The maximum Gasteiger partial charge on any atom is 0.174 e. The van der Waals surface area contributed by atoms with E-state index < -0.39 is 13.0 Å². The predicted molar refractivity (Wildman–Crippen MR) is 101 cm³/mol. The van der Waals surface area contributed by atoms with Crippen LogP contribution >= 0.6 is 7.14 Å². The molecule has 0 aliphatic carbocycles. The van der Waals surface area contributed by atoms with Crippen LogP contribution in [0.3, 0.4) is 0 Å². The van der Waals surface area contributed by atoms with Crippen molar-refractivity contribution in [1.82, 2.24) is 0 Å². The predicted octanol–water partition coefficient (Wildman–Crippen LogP) is 4.03. The van der Waals surface area contributed by atoms with Crippen LogP contribution in [0.1, 0.15) is 5.56 Å². The quantitative estimate of drug-likeness (QED) is 0.715. The van der Waals surface area contributed by atoms with E-state index in [4.69, 9.17) is 0 Å². The average molecular weight is 334 g/mol. The van der Waals surface area contributed by atoms with Gasteiger partial charge in [0, 0.05) is 10.6 Å². The fourth-order valence-electron chi connectivity index (χ4n) is 2.64. The molecule has 3 aromatic carbocycles. The van der Waals surface area contributed by atoms with E-state index in [1.54, 1.807) is 6.08 Å². The van der Waals surface area contributed by atoms with E-state index in [0.29, 0.717) is 10.6 Å². The molecule has 3 heteroatoms. The summed E-state index contributed by atoms with van der Waals surface area (Å²) in [5.41, 5.74) is 0.962. The van der Waals surface area contributed by atoms with Gasteiger partial charge >= 0.3 is 0 Å². The van der Waals surface area contributed by atoms with Gasteiger partial charge in [0.15, 0.2) is 7.14 Å². The lowest BCUT2D eigenvalue weighted by molar-refractivity contribution is 0.297. The lowest BCUT2D eigenvalue weighted by atomic mass is 10.2. The van der Waals surface area contributed by atoms with Crippen molar-refractivity contribution in [2.45, 2.75) is 5.85 Å². The Labute approximate surface area is 142 Å². The summed E-state index contributed by atoms with van der Waals surface area (Å²) in [5, 5.41) is 12.1. The summed E-state index contributed by atoms with van der Waals surface area (Å²) < 4.78 is 13.8. The molecule has 0 saturated heterocycles. The molecule has 0 aliphatic rings. The number of aliphatic hydroxyl groups is 1. The first-order valence-electron chi connectivity index (χ1n) is 7.83. The molecule has 0 bridgehead atoms. The van der Waals surface area contributed by atoms with Crippen LogP contribution in [0.2, 0.25) is 0 Å². The third-order valence-electron chi connectivity index (χ3n) is 3.91. The van der Waals surface area contributed by atoms with Gasteiger partial charge in [-0.05, 0) is 11.6 Å². The molecule has 2 nitrogen and oxygen atoms in total. The third-order valence-corrected chi connectivity index (χ3v) is 6.96. The Morgan fingerprint density at radius 3 is 1.58 bits per heavy atom. The highest BCUT2D eigenvalue weighted by Crippen LogP contribution is 2.48. The largest absolute Gasteiger partial charge is 0.381 e. The summed E-state index contributed by atoms with van der Waals surface area (Å²) in [5.74, 6) is -1.08. The first-order valence-corrected chi connectivity index (χ1v) is 9.61. The molecule has 120 valence electrons. The lowest BCUT2D eigenvalue weighted by Gasteiger charge is -2.22. The summed E-state index contributed by atoms with van der Waals surface area (Å²) in [6.07, 6.45) is 3.43. The molecule has 3 rings (SSSR count). The van der Waals surface area contributed by atoms with E-state index >= 15 is 0 Å². The molecule has 1 N–H and O–H groups in total. The number of hydrogen-bond donors (Lipinski definition) is 1. The molecule has 0 heterocycles. The van der Waals surface area contributed by atoms with Gasteiger partial charge in [-0.25, -0.2) is 0 Å². The summed E-state index contributed by atoms with van der Waals surface area (Å²) >= 11 is 0. The topological polar surface area (TPSA) is 37.3 Å². The normalized spacial score (nSPS) is 13.0. The van der Waals surface area contributed by atoms with Crippen LogP contribution in [0.5, 0.6) is 0 Å². The smallest absolute Gasteiger partial charge is 0.174 e. The van der Waals surface area contributed by atoms with Crippen LogP contribution in [0.4, 0.5) is 0 Å². The highest BCUT2D eigenvalue weighted by Gasteiger charge is 2.33. The fourth-order valence-corrected chi connectivity index (χ4v) is 5.10. The summed E-state index contributed by atoms with van der Waals surface area (Å²) in [6, 6.07) is 28.1. The van der Waals surface area contributed by atoms with Crippen LogP contribution < -0.4 is 10.6 Å². The number of aliphatic hydroxyl groups excluding tert-OH is 1. The molecule has 3 aromatic rings. The molecule has 0 radical (unpaired) electrons. The fraction of sp³-hybridized carbons (Fsp3) is 0.0476. The molecular formula is C21H19O2P. The number of benzene rings is 3.